The first-order valence-corrected chi connectivity index (χ1v) is 10.9. The van der Waals surface area contributed by atoms with E-state index < -0.39 is 16.5 Å². The van der Waals surface area contributed by atoms with Crippen LogP contribution in [0.5, 0.6) is 0 Å². The van der Waals surface area contributed by atoms with Crippen LogP contribution in [0.2, 0.25) is 0 Å². The third kappa shape index (κ3) is 3.11. The van der Waals surface area contributed by atoms with Crippen molar-refractivity contribution >= 4 is 29.3 Å². The zero-order valence-corrected chi connectivity index (χ0v) is 17.2. The molecule has 0 bridgehead atoms. The zero-order valence-electron chi connectivity index (χ0n) is 16.4. The Hall–Kier alpha value is -3.19. The minimum atomic E-state index is -1.34. The number of amides is 2. The third-order valence-electron chi connectivity index (χ3n) is 5.65. The topological polar surface area (TPSA) is 40.6 Å². The Bertz CT molecular complexity index is 1190. The number of rotatable bonds is 3. The van der Waals surface area contributed by atoms with Crippen LogP contribution in [0.3, 0.4) is 0 Å². The molecular formula is C24H18F2N2O2S. The van der Waals surface area contributed by atoms with Crippen molar-refractivity contribution in [3.05, 3.63) is 101 Å². The van der Waals surface area contributed by atoms with Gasteiger partial charge in [0.2, 0.25) is 0 Å². The van der Waals surface area contributed by atoms with E-state index in [1.165, 1.54) is 40.9 Å². The molecule has 1 saturated heterocycles. The van der Waals surface area contributed by atoms with Crippen molar-refractivity contribution in [3.63, 3.8) is 0 Å². The maximum atomic E-state index is 14.3. The van der Waals surface area contributed by atoms with Gasteiger partial charge in [-0.15, -0.1) is 11.8 Å². The molecule has 0 radical (unpaired) electrons. The van der Waals surface area contributed by atoms with Gasteiger partial charge in [-0.25, -0.2) is 8.78 Å². The van der Waals surface area contributed by atoms with Gasteiger partial charge in [0.25, 0.3) is 11.8 Å². The number of carbonyl (C=O) groups excluding carboxylic acids is 2. The molecule has 0 N–H and O–H groups in total. The fourth-order valence-corrected chi connectivity index (χ4v) is 5.75. The number of benzene rings is 3. The molecule has 2 amide bonds. The highest BCUT2D eigenvalue weighted by molar-refractivity contribution is 8.01. The Labute approximate surface area is 182 Å². The smallest absolute Gasteiger partial charge is 0.268 e. The monoisotopic (exact) mass is 436 g/mol. The highest BCUT2D eigenvalue weighted by atomic mass is 32.2. The van der Waals surface area contributed by atoms with Gasteiger partial charge in [-0.2, -0.15) is 0 Å². The Morgan fingerprint density at radius 3 is 2.52 bits per heavy atom. The summed E-state index contributed by atoms with van der Waals surface area (Å²) in [5, 5.41) is 0. The van der Waals surface area contributed by atoms with Gasteiger partial charge in [0.15, 0.2) is 4.87 Å². The number of hydrogen-bond donors (Lipinski definition) is 0. The molecule has 3 aromatic rings. The summed E-state index contributed by atoms with van der Waals surface area (Å²) in [6, 6.07) is 19.0. The number of carbonyl (C=O) groups is 2. The summed E-state index contributed by atoms with van der Waals surface area (Å²) in [6.45, 7) is 0.499. The number of halogens is 2. The Balaban J connectivity index is 1.61. The minimum absolute atomic E-state index is 0.130. The quantitative estimate of drug-likeness (QED) is 0.605. The molecule has 0 saturated carbocycles. The first-order valence-electron chi connectivity index (χ1n) is 9.88. The zero-order chi connectivity index (χ0) is 21.6. The molecule has 5 rings (SSSR count). The molecule has 1 unspecified atom stereocenters. The number of thioether (sulfide) groups is 1. The lowest BCUT2D eigenvalue weighted by molar-refractivity contribution is -0.123. The molecule has 7 heteroatoms. The van der Waals surface area contributed by atoms with Crippen molar-refractivity contribution in [1.29, 1.82) is 0 Å². The number of fused-ring (bicyclic) bond motifs is 2. The van der Waals surface area contributed by atoms with Crippen molar-refractivity contribution in [3.8, 4) is 0 Å². The summed E-state index contributed by atoms with van der Waals surface area (Å²) < 4.78 is 28.0. The Morgan fingerprint density at radius 1 is 0.968 bits per heavy atom. The summed E-state index contributed by atoms with van der Waals surface area (Å²) in [5.74, 6) is -0.910. The molecule has 156 valence electrons. The fraction of sp³-hybridized carbons (Fsp3) is 0.167. The highest BCUT2D eigenvalue weighted by Gasteiger charge is 2.59. The van der Waals surface area contributed by atoms with Gasteiger partial charge in [-0.3, -0.25) is 9.59 Å². The van der Waals surface area contributed by atoms with Crippen LogP contribution in [-0.4, -0.2) is 29.0 Å². The van der Waals surface area contributed by atoms with Gasteiger partial charge in [-0.05, 0) is 48.0 Å². The SMILES string of the molecule is O=C(c1ccccc1)N1CCSC12C(=O)N(Cc1cccc(F)c1)c1ccc(F)cc12. The van der Waals surface area contributed by atoms with Gasteiger partial charge >= 0.3 is 0 Å². The molecule has 31 heavy (non-hydrogen) atoms. The summed E-state index contributed by atoms with van der Waals surface area (Å²) in [5.41, 5.74) is 2.08. The Kier molecular flexibility index (Phi) is 4.78. The summed E-state index contributed by atoms with van der Waals surface area (Å²) >= 11 is 1.33. The van der Waals surface area contributed by atoms with E-state index in [4.69, 9.17) is 0 Å². The van der Waals surface area contributed by atoms with Crippen LogP contribution in [0.4, 0.5) is 14.5 Å². The lowest BCUT2D eigenvalue weighted by Gasteiger charge is -2.33. The second kappa shape index (κ2) is 7.50. The second-order valence-corrected chi connectivity index (χ2v) is 8.79. The molecule has 2 aliphatic rings. The standard InChI is InChI=1S/C24H18F2N2O2S/c25-18-8-4-5-16(13-18)15-27-21-10-9-19(26)14-20(21)24(23(27)30)28(11-12-31-24)22(29)17-6-2-1-3-7-17/h1-10,13-14H,11-12,15H2. The van der Waals surface area contributed by atoms with Gasteiger partial charge < -0.3 is 9.80 Å². The number of nitrogens with zero attached hydrogens (tertiary/aromatic N) is 2. The molecule has 2 heterocycles. The molecule has 1 spiro atoms. The predicted molar refractivity (Wildman–Crippen MR) is 116 cm³/mol. The van der Waals surface area contributed by atoms with E-state index >= 15 is 0 Å². The average Bonchev–Trinajstić information content (AvgIpc) is 3.31. The van der Waals surface area contributed by atoms with E-state index in [2.05, 4.69) is 0 Å². The largest absolute Gasteiger partial charge is 0.311 e. The summed E-state index contributed by atoms with van der Waals surface area (Å²) in [4.78, 5) is 28.9. The molecular weight excluding hydrogens is 418 g/mol. The van der Waals surface area contributed by atoms with Crippen LogP contribution in [0.15, 0.2) is 72.8 Å². The fourth-order valence-electron chi connectivity index (χ4n) is 4.30. The molecule has 1 atom stereocenters. The van der Waals surface area contributed by atoms with Crippen molar-refractivity contribution < 1.29 is 18.4 Å². The van der Waals surface area contributed by atoms with E-state index in [9.17, 15) is 18.4 Å². The van der Waals surface area contributed by atoms with Crippen LogP contribution >= 0.6 is 11.8 Å². The maximum Gasteiger partial charge on any atom is 0.268 e. The predicted octanol–water partition coefficient (Wildman–Crippen LogP) is 4.55. The summed E-state index contributed by atoms with van der Waals surface area (Å²) in [7, 11) is 0. The lowest BCUT2D eigenvalue weighted by Crippen LogP contribution is -2.50. The second-order valence-electron chi connectivity index (χ2n) is 7.50. The van der Waals surface area contributed by atoms with Gasteiger partial charge in [0, 0.05) is 23.4 Å². The first-order chi connectivity index (χ1) is 15.0. The van der Waals surface area contributed by atoms with Crippen molar-refractivity contribution in [2.45, 2.75) is 11.4 Å². The number of anilines is 1. The molecule has 3 aromatic carbocycles. The summed E-state index contributed by atoms with van der Waals surface area (Å²) in [6.07, 6.45) is 0. The maximum absolute atomic E-state index is 14.3. The van der Waals surface area contributed by atoms with E-state index in [1.54, 1.807) is 47.4 Å². The van der Waals surface area contributed by atoms with E-state index in [0.717, 1.165) is 0 Å². The number of hydrogen-bond acceptors (Lipinski definition) is 3. The van der Waals surface area contributed by atoms with Crippen molar-refractivity contribution in [1.82, 2.24) is 4.90 Å². The molecule has 0 aromatic heterocycles. The van der Waals surface area contributed by atoms with E-state index in [1.807, 2.05) is 6.07 Å². The molecule has 4 nitrogen and oxygen atoms in total. The van der Waals surface area contributed by atoms with Crippen LogP contribution in [-0.2, 0) is 16.2 Å². The first kappa shape index (κ1) is 19.8. The highest BCUT2D eigenvalue weighted by Crippen LogP contribution is 2.54. The van der Waals surface area contributed by atoms with Crippen LogP contribution < -0.4 is 4.90 Å². The Morgan fingerprint density at radius 2 is 1.74 bits per heavy atom. The van der Waals surface area contributed by atoms with Crippen molar-refractivity contribution in [2.75, 3.05) is 17.2 Å². The van der Waals surface area contributed by atoms with E-state index in [0.29, 0.717) is 34.7 Å². The molecule has 0 aliphatic carbocycles. The van der Waals surface area contributed by atoms with Crippen molar-refractivity contribution in [2.24, 2.45) is 0 Å². The lowest BCUT2D eigenvalue weighted by atomic mass is 10.0. The third-order valence-corrected chi connectivity index (χ3v) is 7.07. The molecule has 1 fully saturated rings. The normalized spacial score (nSPS) is 19.9. The average molecular weight is 436 g/mol. The van der Waals surface area contributed by atoms with Crippen LogP contribution in [0, 0.1) is 11.6 Å². The minimum Gasteiger partial charge on any atom is -0.311 e. The van der Waals surface area contributed by atoms with Gasteiger partial charge in [0.1, 0.15) is 11.6 Å². The van der Waals surface area contributed by atoms with Crippen LogP contribution in [0.1, 0.15) is 21.5 Å². The van der Waals surface area contributed by atoms with Crippen LogP contribution in [0.25, 0.3) is 0 Å². The van der Waals surface area contributed by atoms with Gasteiger partial charge in [-0.1, -0.05) is 30.3 Å². The van der Waals surface area contributed by atoms with E-state index in [-0.39, 0.29) is 18.4 Å². The molecule has 2 aliphatic heterocycles. The van der Waals surface area contributed by atoms with Gasteiger partial charge in [0.05, 0.1) is 12.2 Å².